The van der Waals surface area contributed by atoms with Crippen molar-refractivity contribution < 1.29 is 8.78 Å². The zero-order chi connectivity index (χ0) is 18.5. The van der Waals surface area contributed by atoms with Gasteiger partial charge >= 0.3 is 0 Å². The molecule has 0 unspecified atom stereocenters. The summed E-state index contributed by atoms with van der Waals surface area (Å²) < 4.78 is 28.3. The van der Waals surface area contributed by atoms with Gasteiger partial charge in [-0.25, -0.2) is 23.7 Å². The van der Waals surface area contributed by atoms with Gasteiger partial charge < -0.3 is 10.6 Å². The topological polar surface area (TPSA) is 67.4 Å². The number of amidine groups is 1. The van der Waals surface area contributed by atoms with Gasteiger partial charge in [0, 0.05) is 23.1 Å². The summed E-state index contributed by atoms with van der Waals surface area (Å²) >= 11 is 3.19. The Kier molecular flexibility index (Phi) is 4.18. The molecule has 0 aromatic carbocycles. The van der Waals surface area contributed by atoms with Crippen molar-refractivity contribution in [1.29, 1.82) is 0 Å². The van der Waals surface area contributed by atoms with Crippen LogP contribution in [-0.2, 0) is 11.2 Å². The molecule has 9 heteroatoms. The fourth-order valence-corrected chi connectivity index (χ4v) is 5.49. The van der Waals surface area contributed by atoms with Crippen LogP contribution in [-0.4, -0.2) is 34.0 Å². The molecule has 0 spiro atoms. The second kappa shape index (κ2) is 6.16. The number of halogens is 2. The molecule has 2 aliphatic heterocycles. The summed E-state index contributed by atoms with van der Waals surface area (Å²) in [5.41, 5.74) is 3.48. The van der Waals surface area contributed by atoms with E-state index in [-0.39, 0.29) is 11.6 Å². The van der Waals surface area contributed by atoms with Crippen LogP contribution in [0.1, 0.15) is 24.4 Å². The van der Waals surface area contributed by atoms with E-state index in [1.807, 2.05) is 16.3 Å². The fraction of sp³-hybridized carbons (Fsp3) is 0.471. The first kappa shape index (κ1) is 17.7. The Hall–Kier alpha value is -1.74. The normalized spacial score (nSPS) is 25.9. The molecule has 4 rings (SSSR count). The summed E-state index contributed by atoms with van der Waals surface area (Å²) in [4.78, 5) is 16.2. The Morgan fingerprint density at radius 2 is 2.23 bits per heavy atom. The first-order chi connectivity index (χ1) is 12.3. The zero-order valence-electron chi connectivity index (χ0n) is 14.4. The molecule has 0 bridgehead atoms. The van der Waals surface area contributed by atoms with Crippen molar-refractivity contribution in [3.63, 3.8) is 0 Å². The number of hydrogen-bond donors (Lipinski definition) is 1. The van der Waals surface area contributed by atoms with E-state index in [0.29, 0.717) is 24.2 Å². The molecule has 0 saturated carbocycles. The van der Waals surface area contributed by atoms with Crippen LogP contribution in [0.4, 0.5) is 14.7 Å². The third-order valence-corrected chi connectivity index (χ3v) is 6.81. The van der Waals surface area contributed by atoms with Crippen LogP contribution >= 0.6 is 23.1 Å². The van der Waals surface area contributed by atoms with E-state index in [9.17, 15) is 8.78 Å². The quantitative estimate of drug-likeness (QED) is 0.864. The van der Waals surface area contributed by atoms with Crippen LogP contribution in [0.15, 0.2) is 28.7 Å². The summed E-state index contributed by atoms with van der Waals surface area (Å²) in [6, 6.07) is 4.07. The highest BCUT2D eigenvalue weighted by Crippen LogP contribution is 2.47. The molecule has 0 radical (unpaired) electrons. The predicted molar refractivity (Wildman–Crippen MR) is 102 cm³/mol. The van der Waals surface area contributed by atoms with E-state index in [4.69, 9.17) is 10.7 Å². The number of fused-ring (bicyclic) bond motifs is 1. The SMILES string of the molecule is CC(C)(F)c1nc(N2C[C@H]3CSC(N)=N[C@@]3(c3cccs3)C2)ncc1F. The molecule has 5 nitrogen and oxygen atoms in total. The molecule has 138 valence electrons. The Bertz CT molecular complexity index is 849. The average molecular weight is 396 g/mol. The minimum absolute atomic E-state index is 0.222. The summed E-state index contributed by atoms with van der Waals surface area (Å²) in [7, 11) is 0. The number of aromatic nitrogens is 2. The molecule has 2 aliphatic rings. The Balaban J connectivity index is 1.74. The lowest BCUT2D eigenvalue weighted by Gasteiger charge is -2.33. The van der Waals surface area contributed by atoms with Crippen LogP contribution in [0.3, 0.4) is 0 Å². The largest absolute Gasteiger partial charge is 0.379 e. The average Bonchev–Trinajstić information content (AvgIpc) is 3.22. The lowest BCUT2D eigenvalue weighted by atomic mass is 9.87. The fourth-order valence-electron chi connectivity index (χ4n) is 3.57. The van der Waals surface area contributed by atoms with E-state index >= 15 is 0 Å². The molecule has 0 amide bonds. The Morgan fingerprint density at radius 1 is 1.42 bits per heavy atom. The number of rotatable bonds is 3. The van der Waals surface area contributed by atoms with Crippen molar-refractivity contribution in [3.8, 4) is 0 Å². The van der Waals surface area contributed by atoms with Crippen molar-refractivity contribution in [2.24, 2.45) is 16.6 Å². The van der Waals surface area contributed by atoms with Gasteiger partial charge in [-0.15, -0.1) is 11.3 Å². The van der Waals surface area contributed by atoms with E-state index in [1.54, 1.807) is 23.1 Å². The van der Waals surface area contributed by atoms with Crippen LogP contribution in [0, 0.1) is 11.7 Å². The highest BCUT2D eigenvalue weighted by molar-refractivity contribution is 8.13. The first-order valence-electron chi connectivity index (χ1n) is 8.28. The molecule has 2 atom stereocenters. The molecule has 2 N–H and O–H groups in total. The second-order valence-corrected chi connectivity index (χ2v) is 9.07. The van der Waals surface area contributed by atoms with Crippen molar-refractivity contribution in [1.82, 2.24) is 9.97 Å². The minimum Gasteiger partial charge on any atom is -0.379 e. The van der Waals surface area contributed by atoms with E-state index in [0.717, 1.165) is 16.8 Å². The molecule has 2 aromatic heterocycles. The van der Waals surface area contributed by atoms with Crippen LogP contribution in [0.25, 0.3) is 0 Å². The van der Waals surface area contributed by atoms with Gasteiger partial charge in [-0.2, -0.15) is 0 Å². The number of thiophene rings is 1. The maximum Gasteiger partial charge on any atom is 0.225 e. The molecule has 1 saturated heterocycles. The van der Waals surface area contributed by atoms with Crippen LogP contribution in [0.5, 0.6) is 0 Å². The second-order valence-electron chi connectivity index (χ2n) is 7.08. The summed E-state index contributed by atoms with van der Waals surface area (Å²) in [5, 5.41) is 2.59. The summed E-state index contributed by atoms with van der Waals surface area (Å²) in [6.45, 7) is 3.79. The third-order valence-electron chi connectivity index (χ3n) is 4.82. The molecule has 4 heterocycles. The zero-order valence-corrected chi connectivity index (χ0v) is 16.1. The Morgan fingerprint density at radius 3 is 2.92 bits per heavy atom. The first-order valence-corrected chi connectivity index (χ1v) is 10.1. The predicted octanol–water partition coefficient (Wildman–Crippen LogP) is 3.28. The molecule has 26 heavy (non-hydrogen) atoms. The Labute approximate surface area is 158 Å². The van der Waals surface area contributed by atoms with Crippen molar-refractivity contribution in [2.75, 3.05) is 23.7 Å². The molecule has 0 aliphatic carbocycles. The molecule has 2 aromatic rings. The maximum atomic E-state index is 14.3. The highest BCUT2D eigenvalue weighted by atomic mass is 32.2. The third kappa shape index (κ3) is 2.87. The maximum absolute atomic E-state index is 14.3. The molecular formula is C17H19F2N5S2. The number of nitrogens with two attached hydrogens (primary N) is 1. The number of nitrogens with zero attached hydrogens (tertiary/aromatic N) is 4. The summed E-state index contributed by atoms with van der Waals surface area (Å²) in [5.74, 6) is 0.667. The van der Waals surface area contributed by atoms with Gasteiger partial charge in [0.25, 0.3) is 0 Å². The molecular weight excluding hydrogens is 376 g/mol. The highest BCUT2D eigenvalue weighted by Gasteiger charge is 2.51. The van der Waals surface area contributed by atoms with E-state index in [1.165, 1.54) is 13.8 Å². The minimum atomic E-state index is -1.88. The molecule has 1 fully saturated rings. The van der Waals surface area contributed by atoms with E-state index < -0.39 is 17.0 Å². The smallest absolute Gasteiger partial charge is 0.225 e. The van der Waals surface area contributed by atoms with Crippen molar-refractivity contribution in [3.05, 3.63) is 40.1 Å². The lowest BCUT2D eigenvalue weighted by molar-refractivity contribution is 0.205. The number of hydrogen-bond acceptors (Lipinski definition) is 7. The lowest BCUT2D eigenvalue weighted by Crippen LogP contribution is -2.39. The van der Waals surface area contributed by atoms with Crippen molar-refractivity contribution in [2.45, 2.75) is 25.1 Å². The van der Waals surface area contributed by atoms with Crippen molar-refractivity contribution >= 4 is 34.2 Å². The standard InChI is InChI=1S/C17H19F2N5S2/c1-16(2,19)13-11(18)6-21-15(22-13)24-7-10-8-26-14(20)23-17(10,9-24)12-4-3-5-25-12/h3-6,10H,7-9H2,1-2H3,(H2,20,23)/t10-,17-/m0/s1. The van der Waals surface area contributed by atoms with Crippen LogP contribution < -0.4 is 10.6 Å². The monoisotopic (exact) mass is 395 g/mol. The van der Waals surface area contributed by atoms with Gasteiger partial charge in [0.05, 0.1) is 12.7 Å². The summed E-state index contributed by atoms with van der Waals surface area (Å²) in [6.07, 6.45) is 1.05. The number of anilines is 1. The van der Waals surface area contributed by atoms with Gasteiger partial charge in [-0.1, -0.05) is 17.8 Å². The number of thioether (sulfide) groups is 1. The van der Waals surface area contributed by atoms with Gasteiger partial charge in [-0.3, -0.25) is 0 Å². The van der Waals surface area contributed by atoms with E-state index in [2.05, 4.69) is 16.0 Å². The number of aliphatic imine (C=N–C) groups is 1. The van der Waals surface area contributed by atoms with Gasteiger partial charge in [-0.05, 0) is 25.3 Å². The van der Waals surface area contributed by atoms with Gasteiger partial charge in [0.2, 0.25) is 5.95 Å². The van der Waals surface area contributed by atoms with Gasteiger partial charge in [0.15, 0.2) is 11.0 Å². The van der Waals surface area contributed by atoms with Crippen LogP contribution in [0.2, 0.25) is 0 Å². The number of alkyl halides is 1. The van der Waals surface area contributed by atoms with Gasteiger partial charge in [0.1, 0.15) is 16.9 Å².